The van der Waals surface area contributed by atoms with Crippen molar-refractivity contribution in [3.63, 3.8) is 0 Å². The summed E-state index contributed by atoms with van der Waals surface area (Å²) in [5.74, 6) is 0.216. The summed E-state index contributed by atoms with van der Waals surface area (Å²) in [7, 11) is 0. The molecule has 3 rings (SSSR count). The van der Waals surface area contributed by atoms with Gasteiger partial charge in [-0.2, -0.15) is 0 Å². The number of piperidine rings is 1. The molecule has 0 radical (unpaired) electrons. The van der Waals surface area contributed by atoms with E-state index in [1.165, 1.54) is 0 Å². The number of rotatable bonds is 5. The van der Waals surface area contributed by atoms with Gasteiger partial charge in [0.1, 0.15) is 0 Å². The molecule has 0 saturated carbocycles. The van der Waals surface area contributed by atoms with Gasteiger partial charge in [-0.15, -0.1) is 0 Å². The Balaban J connectivity index is 1.74. The third-order valence-electron chi connectivity index (χ3n) is 5.44. The summed E-state index contributed by atoms with van der Waals surface area (Å²) in [5.41, 5.74) is 3.37. The molecule has 142 valence electrons. The van der Waals surface area contributed by atoms with Crippen molar-refractivity contribution in [2.75, 3.05) is 13.1 Å². The second kappa shape index (κ2) is 8.85. The van der Waals surface area contributed by atoms with Crippen LogP contribution in [0, 0.1) is 12.8 Å². The maximum absolute atomic E-state index is 13.0. The lowest BCUT2D eigenvalue weighted by atomic mass is 9.92. The highest BCUT2D eigenvalue weighted by atomic mass is 16.2. The minimum absolute atomic E-state index is 0.0406. The van der Waals surface area contributed by atoms with Gasteiger partial charge in [0.15, 0.2) is 0 Å². The van der Waals surface area contributed by atoms with E-state index in [-0.39, 0.29) is 23.8 Å². The van der Waals surface area contributed by atoms with E-state index in [9.17, 15) is 9.59 Å². The Labute approximate surface area is 161 Å². The number of carbonyl (C=O) groups is 2. The van der Waals surface area contributed by atoms with Crippen LogP contribution in [-0.2, 0) is 9.59 Å². The summed E-state index contributed by atoms with van der Waals surface area (Å²) in [5, 5.41) is 3.28. The summed E-state index contributed by atoms with van der Waals surface area (Å²) in [6.45, 7) is 5.30. The van der Waals surface area contributed by atoms with Crippen LogP contribution in [0.4, 0.5) is 0 Å². The Kier molecular flexibility index (Phi) is 6.28. The standard InChI is InChI=1S/C23H28N2O2/c1-3-21(26)25-15-13-19(14-16-25)23(27)24-22(18-10-5-4-6-11-18)20-12-8-7-9-17(20)2/h4-12,19,22H,3,13-16H2,1-2H3,(H,24,27). The minimum Gasteiger partial charge on any atom is -0.345 e. The van der Waals surface area contributed by atoms with Crippen molar-refractivity contribution in [1.82, 2.24) is 10.2 Å². The van der Waals surface area contributed by atoms with E-state index >= 15 is 0 Å². The predicted octanol–water partition coefficient (Wildman–Crippen LogP) is 3.85. The Hall–Kier alpha value is -2.62. The topological polar surface area (TPSA) is 49.4 Å². The fourth-order valence-corrected chi connectivity index (χ4v) is 3.77. The SMILES string of the molecule is CCC(=O)N1CCC(C(=O)NC(c2ccccc2)c2ccccc2C)CC1. The van der Waals surface area contributed by atoms with E-state index in [2.05, 4.69) is 36.5 Å². The largest absolute Gasteiger partial charge is 0.345 e. The molecule has 1 aliphatic heterocycles. The molecule has 1 saturated heterocycles. The monoisotopic (exact) mass is 364 g/mol. The first-order valence-electron chi connectivity index (χ1n) is 9.78. The zero-order chi connectivity index (χ0) is 19.2. The van der Waals surface area contributed by atoms with Crippen LogP contribution in [0.25, 0.3) is 0 Å². The smallest absolute Gasteiger partial charge is 0.223 e. The number of nitrogens with one attached hydrogen (secondary N) is 1. The van der Waals surface area contributed by atoms with Crippen molar-refractivity contribution < 1.29 is 9.59 Å². The molecule has 2 aromatic carbocycles. The summed E-state index contributed by atoms with van der Waals surface area (Å²) >= 11 is 0. The van der Waals surface area contributed by atoms with E-state index in [0.717, 1.165) is 29.5 Å². The van der Waals surface area contributed by atoms with Gasteiger partial charge < -0.3 is 10.2 Å². The maximum atomic E-state index is 13.0. The number of carbonyl (C=O) groups excluding carboxylic acids is 2. The van der Waals surface area contributed by atoms with E-state index in [1.54, 1.807) is 0 Å². The molecular weight excluding hydrogens is 336 g/mol. The molecule has 4 heteroatoms. The number of likely N-dealkylation sites (tertiary alicyclic amines) is 1. The molecule has 1 atom stereocenters. The average molecular weight is 364 g/mol. The second-order valence-electron chi connectivity index (χ2n) is 7.22. The number of hydrogen-bond donors (Lipinski definition) is 1. The molecule has 0 aliphatic carbocycles. The third kappa shape index (κ3) is 4.57. The first kappa shape index (κ1) is 19.2. The summed E-state index contributed by atoms with van der Waals surface area (Å²) < 4.78 is 0. The molecule has 0 aromatic heterocycles. The minimum atomic E-state index is -0.157. The first-order valence-corrected chi connectivity index (χ1v) is 9.78. The van der Waals surface area contributed by atoms with Gasteiger partial charge in [0.25, 0.3) is 0 Å². The van der Waals surface area contributed by atoms with Crippen LogP contribution in [0.5, 0.6) is 0 Å². The predicted molar refractivity (Wildman–Crippen MR) is 107 cm³/mol. The van der Waals surface area contributed by atoms with Crippen LogP contribution >= 0.6 is 0 Å². The highest BCUT2D eigenvalue weighted by Crippen LogP contribution is 2.26. The quantitative estimate of drug-likeness (QED) is 0.876. The Morgan fingerprint density at radius 3 is 2.30 bits per heavy atom. The number of hydrogen-bond acceptors (Lipinski definition) is 2. The summed E-state index contributed by atoms with van der Waals surface area (Å²) in [4.78, 5) is 26.7. The lowest BCUT2D eigenvalue weighted by molar-refractivity contribution is -0.135. The van der Waals surface area contributed by atoms with Gasteiger partial charge in [-0.05, 0) is 36.5 Å². The van der Waals surface area contributed by atoms with Crippen LogP contribution < -0.4 is 5.32 Å². The van der Waals surface area contributed by atoms with Crippen molar-refractivity contribution >= 4 is 11.8 Å². The molecule has 1 unspecified atom stereocenters. The first-order chi connectivity index (χ1) is 13.1. The number of nitrogens with zero attached hydrogens (tertiary/aromatic N) is 1. The molecule has 27 heavy (non-hydrogen) atoms. The molecule has 2 aromatic rings. The van der Waals surface area contributed by atoms with E-state index in [1.807, 2.05) is 42.2 Å². The van der Waals surface area contributed by atoms with Gasteiger partial charge in [-0.3, -0.25) is 9.59 Å². The molecule has 0 bridgehead atoms. The number of benzene rings is 2. The Morgan fingerprint density at radius 1 is 1.04 bits per heavy atom. The van der Waals surface area contributed by atoms with Crippen molar-refractivity contribution in [3.05, 3.63) is 71.3 Å². The maximum Gasteiger partial charge on any atom is 0.223 e. The molecule has 1 heterocycles. The van der Waals surface area contributed by atoms with E-state index in [0.29, 0.717) is 19.5 Å². The third-order valence-corrected chi connectivity index (χ3v) is 5.44. The summed E-state index contributed by atoms with van der Waals surface area (Å²) in [6, 6.07) is 18.1. The van der Waals surface area contributed by atoms with Crippen LogP contribution in [0.15, 0.2) is 54.6 Å². The summed E-state index contributed by atoms with van der Waals surface area (Å²) in [6.07, 6.45) is 1.99. The molecular formula is C23H28N2O2. The normalized spacial score (nSPS) is 16.0. The van der Waals surface area contributed by atoms with Crippen LogP contribution in [0.2, 0.25) is 0 Å². The zero-order valence-electron chi connectivity index (χ0n) is 16.2. The number of amides is 2. The molecule has 0 spiro atoms. The van der Waals surface area contributed by atoms with Crippen LogP contribution in [0.3, 0.4) is 0 Å². The highest BCUT2D eigenvalue weighted by molar-refractivity contribution is 5.81. The van der Waals surface area contributed by atoms with Gasteiger partial charge in [-0.25, -0.2) is 0 Å². The lowest BCUT2D eigenvalue weighted by Gasteiger charge is -2.32. The van der Waals surface area contributed by atoms with Gasteiger partial charge >= 0.3 is 0 Å². The lowest BCUT2D eigenvalue weighted by Crippen LogP contribution is -2.43. The van der Waals surface area contributed by atoms with Crippen LogP contribution in [-0.4, -0.2) is 29.8 Å². The fourth-order valence-electron chi connectivity index (χ4n) is 3.77. The Morgan fingerprint density at radius 2 is 1.67 bits per heavy atom. The van der Waals surface area contributed by atoms with E-state index < -0.39 is 0 Å². The zero-order valence-corrected chi connectivity index (χ0v) is 16.2. The van der Waals surface area contributed by atoms with Gasteiger partial charge in [-0.1, -0.05) is 61.5 Å². The fraction of sp³-hybridized carbons (Fsp3) is 0.391. The van der Waals surface area contributed by atoms with Crippen LogP contribution in [0.1, 0.15) is 48.9 Å². The Bertz CT molecular complexity index is 780. The van der Waals surface area contributed by atoms with Gasteiger partial charge in [0.2, 0.25) is 11.8 Å². The van der Waals surface area contributed by atoms with Crippen molar-refractivity contribution in [1.29, 1.82) is 0 Å². The van der Waals surface area contributed by atoms with Crippen molar-refractivity contribution in [2.45, 2.75) is 39.2 Å². The molecule has 1 N–H and O–H groups in total. The molecule has 1 fully saturated rings. The molecule has 2 amide bonds. The number of aryl methyl sites for hydroxylation is 1. The molecule has 4 nitrogen and oxygen atoms in total. The van der Waals surface area contributed by atoms with Crippen molar-refractivity contribution in [2.24, 2.45) is 5.92 Å². The molecule has 1 aliphatic rings. The average Bonchev–Trinajstić information content (AvgIpc) is 2.72. The van der Waals surface area contributed by atoms with Crippen molar-refractivity contribution in [3.8, 4) is 0 Å². The second-order valence-corrected chi connectivity index (χ2v) is 7.22. The van der Waals surface area contributed by atoms with E-state index in [4.69, 9.17) is 0 Å². The van der Waals surface area contributed by atoms with Gasteiger partial charge in [0.05, 0.1) is 6.04 Å². The van der Waals surface area contributed by atoms with Gasteiger partial charge in [0, 0.05) is 25.4 Å². The highest BCUT2D eigenvalue weighted by Gasteiger charge is 2.29.